The second kappa shape index (κ2) is 12.9. The van der Waals surface area contributed by atoms with Crippen molar-refractivity contribution < 1.29 is 38.4 Å². The van der Waals surface area contributed by atoms with Crippen molar-refractivity contribution in [3.05, 3.63) is 45.6 Å². The van der Waals surface area contributed by atoms with E-state index in [0.717, 1.165) is 16.2 Å². The number of nitrogens with one attached hydrogen (secondary N) is 1. The van der Waals surface area contributed by atoms with Gasteiger partial charge in [0.25, 0.3) is 11.8 Å². The summed E-state index contributed by atoms with van der Waals surface area (Å²) in [6.45, 7) is 7.49. The van der Waals surface area contributed by atoms with Crippen LogP contribution in [0.3, 0.4) is 0 Å². The molecule has 1 fully saturated rings. The summed E-state index contributed by atoms with van der Waals surface area (Å²) in [5.41, 5.74) is 6.61. The smallest absolute Gasteiger partial charge is 0.352 e. The average molecular weight is 636 g/mol. The van der Waals surface area contributed by atoms with Gasteiger partial charge in [-0.1, -0.05) is 17.8 Å². The highest BCUT2D eigenvalue weighted by atomic mass is 32.2. The minimum Gasteiger partial charge on any atom is -0.543 e. The number of anilines is 2. The molecule has 2 aromatic heterocycles. The Balaban J connectivity index is 1.53. The Kier molecular flexibility index (Phi) is 9.53. The standard InChI is InChI=1S/C25H29N7O7S3/c1-6-8-39-29-15(14-11-41-24(26)27-14)19(33)28-16-20(34)32-17(22(35)36)13(10-40-21(16)32)9-30(4)25-31(5)12(3)18(42-25)23(37)38-7-2/h6,11,16,21H,1,7-10H2,2-5H3,(H3-,26,27,28,33,35,36)/b29-15+/t16-,21-/m1/s1. The number of carboxylic acid groups (broad SMARTS) is 1. The molecule has 1 saturated heterocycles. The van der Waals surface area contributed by atoms with Gasteiger partial charge in [-0.3, -0.25) is 19.4 Å². The van der Waals surface area contributed by atoms with E-state index < -0.39 is 35.2 Å². The maximum absolute atomic E-state index is 13.2. The molecule has 0 aromatic carbocycles. The molecule has 42 heavy (non-hydrogen) atoms. The summed E-state index contributed by atoms with van der Waals surface area (Å²) in [7, 11) is 3.56. The lowest BCUT2D eigenvalue weighted by Gasteiger charge is -2.50. The number of nitrogens with two attached hydrogens (primary N) is 1. The van der Waals surface area contributed by atoms with Crippen LogP contribution in [0.1, 0.15) is 28.0 Å². The summed E-state index contributed by atoms with van der Waals surface area (Å²) < 4.78 is 6.97. The number of rotatable bonds is 12. The first-order valence-electron chi connectivity index (χ1n) is 12.6. The molecule has 2 aliphatic heterocycles. The maximum Gasteiger partial charge on any atom is 0.352 e. The minimum atomic E-state index is -1.50. The van der Waals surface area contributed by atoms with Gasteiger partial charge in [-0.25, -0.2) is 14.3 Å². The van der Waals surface area contributed by atoms with Crippen molar-refractivity contribution in [2.45, 2.75) is 25.3 Å². The molecular weight excluding hydrogens is 607 g/mol. The van der Waals surface area contributed by atoms with Crippen LogP contribution >= 0.6 is 34.4 Å². The molecular formula is C25H29N7O7S3. The molecule has 2 aliphatic rings. The number of thiazole rings is 2. The SMILES string of the molecule is C=CCO/N=C(/C(=O)N[C@@H]1C(=O)N2C(C(=O)[O-])=C(CN(C)c3sc(C(=O)OCC)c(C)[n+]3C)CS[C@H]12)c1csc(N)n1. The van der Waals surface area contributed by atoms with Crippen molar-refractivity contribution in [1.29, 1.82) is 0 Å². The lowest BCUT2D eigenvalue weighted by molar-refractivity contribution is -0.660. The highest BCUT2D eigenvalue weighted by Gasteiger charge is 2.53. The number of carbonyl (C=O) groups is 4. The molecule has 0 saturated carbocycles. The highest BCUT2D eigenvalue weighted by molar-refractivity contribution is 8.00. The van der Waals surface area contributed by atoms with E-state index in [-0.39, 0.29) is 47.7 Å². The van der Waals surface area contributed by atoms with Crippen LogP contribution in [0.5, 0.6) is 0 Å². The average Bonchev–Trinajstić information content (AvgIpc) is 3.51. The van der Waals surface area contributed by atoms with Gasteiger partial charge in [-0.05, 0) is 25.2 Å². The summed E-state index contributed by atoms with van der Waals surface area (Å²) in [5.74, 6) is -3.01. The van der Waals surface area contributed by atoms with Crippen LogP contribution in [0.2, 0.25) is 0 Å². The summed E-state index contributed by atoms with van der Waals surface area (Å²) in [6.07, 6.45) is 1.45. The van der Waals surface area contributed by atoms with E-state index in [9.17, 15) is 24.3 Å². The molecule has 4 heterocycles. The van der Waals surface area contributed by atoms with Crippen LogP contribution in [0.4, 0.5) is 10.3 Å². The summed E-state index contributed by atoms with van der Waals surface area (Å²) in [5, 5.41) is 20.5. The zero-order valence-corrected chi connectivity index (χ0v) is 25.7. The number of ether oxygens (including phenoxy) is 1. The van der Waals surface area contributed by atoms with Gasteiger partial charge in [0.15, 0.2) is 15.7 Å². The number of hydrogen-bond acceptors (Lipinski definition) is 14. The number of fused-ring (bicyclic) bond motifs is 1. The minimum absolute atomic E-state index is 0.0369. The number of hydrogen-bond donors (Lipinski definition) is 2. The normalized spacial score (nSPS) is 18.2. The van der Waals surface area contributed by atoms with Crippen LogP contribution in [-0.4, -0.2) is 83.3 Å². The molecule has 2 amide bonds. The Hall–Kier alpha value is -3.96. The Morgan fingerprint density at radius 1 is 1.43 bits per heavy atom. The number of oxime groups is 1. The molecule has 3 N–H and O–H groups in total. The lowest BCUT2D eigenvalue weighted by atomic mass is 10.0. The van der Waals surface area contributed by atoms with Gasteiger partial charge in [-0.2, -0.15) is 0 Å². The quantitative estimate of drug-likeness (QED) is 0.0586. The molecule has 17 heteroatoms. The molecule has 0 radical (unpaired) electrons. The fraction of sp³-hybridized carbons (Fsp3) is 0.400. The van der Waals surface area contributed by atoms with Crippen LogP contribution < -0.4 is 25.6 Å². The van der Waals surface area contributed by atoms with Crippen molar-refractivity contribution in [3.63, 3.8) is 0 Å². The number of likely N-dealkylation sites (N-methyl/N-ethyl adjacent to an activating group) is 1. The second-order valence-electron chi connectivity index (χ2n) is 9.13. The number of thioether (sulfide) groups is 1. The summed E-state index contributed by atoms with van der Waals surface area (Å²) in [6, 6.07) is -1.01. The van der Waals surface area contributed by atoms with Gasteiger partial charge in [-0.15, -0.1) is 23.1 Å². The third-order valence-electron chi connectivity index (χ3n) is 6.38. The van der Waals surface area contributed by atoms with Gasteiger partial charge in [0.1, 0.15) is 36.0 Å². The molecule has 224 valence electrons. The van der Waals surface area contributed by atoms with Crippen molar-refractivity contribution in [2.75, 3.05) is 43.2 Å². The topological polar surface area (TPSA) is 183 Å². The predicted molar refractivity (Wildman–Crippen MR) is 156 cm³/mol. The zero-order valence-electron chi connectivity index (χ0n) is 23.2. The summed E-state index contributed by atoms with van der Waals surface area (Å²) >= 11 is 3.64. The van der Waals surface area contributed by atoms with E-state index in [1.54, 1.807) is 32.8 Å². The fourth-order valence-electron chi connectivity index (χ4n) is 4.36. The zero-order chi connectivity index (χ0) is 30.7. The highest BCUT2D eigenvalue weighted by Crippen LogP contribution is 2.40. The third kappa shape index (κ3) is 5.98. The predicted octanol–water partition coefficient (Wildman–Crippen LogP) is -0.457. The number of esters is 1. The number of carboxylic acids is 1. The van der Waals surface area contributed by atoms with Crippen LogP contribution in [-0.2, 0) is 31.0 Å². The fourth-order valence-corrected chi connectivity index (χ4v) is 7.35. The molecule has 0 aliphatic carbocycles. The lowest BCUT2D eigenvalue weighted by Crippen LogP contribution is -2.71. The molecule has 0 unspecified atom stereocenters. The van der Waals surface area contributed by atoms with Crippen LogP contribution in [0.15, 0.2) is 34.5 Å². The molecule has 2 aromatic rings. The maximum atomic E-state index is 13.2. The number of aromatic nitrogens is 2. The van der Waals surface area contributed by atoms with E-state index in [1.807, 2.05) is 4.57 Å². The van der Waals surface area contributed by atoms with Gasteiger partial charge in [0.2, 0.25) is 0 Å². The molecule has 2 atom stereocenters. The Bertz CT molecular complexity index is 1500. The second-order valence-corrected chi connectivity index (χ2v) is 12.1. The number of carbonyl (C=O) groups excluding carboxylic acids is 4. The first kappa shape index (κ1) is 31.0. The van der Waals surface area contributed by atoms with Crippen molar-refractivity contribution in [2.24, 2.45) is 12.2 Å². The third-order valence-corrected chi connectivity index (χ3v) is 9.83. The van der Waals surface area contributed by atoms with Gasteiger partial charge in [0.05, 0.1) is 32.4 Å². The molecule has 4 rings (SSSR count). The van der Waals surface area contributed by atoms with Gasteiger partial charge >= 0.3 is 11.1 Å². The van der Waals surface area contributed by atoms with Crippen molar-refractivity contribution in [3.8, 4) is 0 Å². The first-order chi connectivity index (χ1) is 20.0. The van der Waals surface area contributed by atoms with Crippen LogP contribution in [0.25, 0.3) is 0 Å². The Morgan fingerprint density at radius 2 is 2.17 bits per heavy atom. The van der Waals surface area contributed by atoms with Crippen LogP contribution in [0, 0.1) is 6.92 Å². The Labute approximate surface area is 253 Å². The number of nitrogen functional groups attached to an aromatic ring is 1. The van der Waals surface area contributed by atoms with E-state index in [0.29, 0.717) is 21.3 Å². The number of β-lactam (4-membered cyclic amide) rings is 1. The van der Waals surface area contributed by atoms with E-state index in [4.69, 9.17) is 15.3 Å². The van der Waals surface area contributed by atoms with Gasteiger partial charge < -0.3 is 30.5 Å². The van der Waals surface area contributed by atoms with E-state index >= 15 is 0 Å². The van der Waals surface area contributed by atoms with Crippen molar-refractivity contribution >= 4 is 74.2 Å². The first-order valence-corrected chi connectivity index (χ1v) is 15.3. The molecule has 14 nitrogen and oxygen atoms in total. The number of nitrogens with zero attached hydrogens (tertiary/aromatic N) is 5. The molecule has 0 bridgehead atoms. The monoisotopic (exact) mass is 635 g/mol. The largest absolute Gasteiger partial charge is 0.543 e. The number of aliphatic carboxylic acids is 1. The molecule has 0 spiro atoms. The number of amides is 2. The van der Waals surface area contributed by atoms with Crippen molar-refractivity contribution in [1.82, 2.24) is 15.2 Å². The summed E-state index contributed by atoms with van der Waals surface area (Å²) in [4.78, 5) is 63.5. The van der Waals surface area contributed by atoms with E-state index in [2.05, 4.69) is 22.0 Å². The van der Waals surface area contributed by atoms with Gasteiger partial charge in [0, 0.05) is 16.7 Å². The Morgan fingerprint density at radius 3 is 2.79 bits per heavy atom. The van der Waals surface area contributed by atoms with E-state index in [1.165, 1.54) is 34.6 Å².